The zero-order valence-corrected chi connectivity index (χ0v) is 15.5. The van der Waals surface area contributed by atoms with Gasteiger partial charge in [-0.3, -0.25) is 0 Å². The molecular formula is C18H23N3O4S. The van der Waals surface area contributed by atoms with Gasteiger partial charge in [-0.25, -0.2) is 23.1 Å². The van der Waals surface area contributed by atoms with Crippen molar-refractivity contribution in [3.63, 3.8) is 0 Å². The molecule has 0 unspecified atom stereocenters. The normalized spacial score (nSPS) is 20.5. The number of nitrogens with one attached hydrogen (secondary N) is 1. The first-order valence-corrected chi connectivity index (χ1v) is 10.2. The van der Waals surface area contributed by atoms with Crippen molar-refractivity contribution in [2.45, 2.75) is 49.6 Å². The number of aromatic nitrogens is 2. The van der Waals surface area contributed by atoms with E-state index in [4.69, 9.17) is 9.47 Å². The molecule has 1 N–H and O–H groups in total. The fraction of sp³-hybridized carbons (Fsp3) is 0.444. The van der Waals surface area contributed by atoms with Crippen molar-refractivity contribution >= 4 is 10.0 Å². The summed E-state index contributed by atoms with van der Waals surface area (Å²) in [7, 11) is -3.54. The topological polar surface area (TPSA) is 90.4 Å². The Bertz CT molecular complexity index is 789. The van der Waals surface area contributed by atoms with Crippen molar-refractivity contribution in [2.24, 2.45) is 0 Å². The zero-order chi connectivity index (χ0) is 18.4. The average molecular weight is 377 g/mol. The monoisotopic (exact) mass is 377 g/mol. The van der Waals surface area contributed by atoms with Gasteiger partial charge < -0.3 is 9.47 Å². The molecule has 0 bridgehead atoms. The number of benzene rings is 1. The summed E-state index contributed by atoms with van der Waals surface area (Å²) >= 11 is 0. The Hall–Kier alpha value is -2.19. The molecule has 1 aromatic heterocycles. The Morgan fingerprint density at radius 2 is 1.73 bits per heavy atom. The highest BCUT2D eigenvalue weighted by molar-refractivity contribution is 7.89. The minimum atomic E-state index is -3.54. The van der Waals surface area contributed by atoms with E-state index in [1.54, 1.807) is 42.7 Å². The van der Waals surface area contributed by atoms with Crippen LogP contribution >= 0.6 is 0 Å². The molecule has 26 heavy (non-hydrogen) atoms. The van der Waals surface area contributed by atoms with E-state index in [-0.39, 0.29) is 17.0 Å². The fourth-order valence-electron chi connectivity index (χ4n) is 2.96. The van der Waals surface area contributed by atoms with E-state index < -0.39 is 10.0 Å². The highest BCUT2D eigenvalue weighted by atomic mass is 32.2. The molecule has 1 aromatic carbocycles. The summed E-state index contributed by atoms with van der Waals surface area (Å²) in [5, 5.41) is 0. The highest BCUT2D eigenvalue weighted by Crippen LogP contribution is 2.24. The maximum absolute atomic E-state index is 12.5. The number of hydrogen-bond donors (Lipinski definition) is 1. The summed E-state index contributed by atoms with van der Waals surface area (Å²) in [6.07, 6.45) is 6.24. The molecule has 8 heteroatoms. The van der Waals surface area contributed by atoms with Gasteiger partial charge in [0.15, 0.2) is 0 Å². The van der Waals surface area contributed by atoms with E-state index in [0.717, 1.165) is 12.8 Å². The van der Waals surface area contributed by atoms with E-state index in [1.807, 2.05) is 6.92 Å². The van der Waals surface area contributed by atoms with E-state index >= 15 is 0 Å². The molecule has 0 spiro atoms. The van der Waals surface area contributed by atoms with Gasteiger partial charge in [-0.1, -0.05) is 0 Å². The van der Waals surface area contributed by atoms with Gasteiger partial charge in [0.2, 0.25) is 10.0 Å². The zero-order valence-electron chi connectivity index (χ0n) is 14.7. The molecule has 0 atom stereocenters. The van der Waals surface area contributed by atoms with Crippen LogP contribution in [-0.2, 0) is 10.0 Å². The Labute approximate surface area is 153 Å². The van der Waals surface area contributed by atoms with Gasteiger partial charge in [-0.2, -0.15) is 0 Å². The molecule has 0 saturated heterocycles. The molecule has 0 amide bonds. The minimum absolute atomic E-state index is 0.0173. The average Bonchev–Trinajstić information content (AvgIpc) is 2.65. The lowest BCUT2D eigenvalue weighted by Gasteiger charge is -2.28. The SMILES string of the molecule is CCOc1ccc(S(=O)(=O)NC2CCC(Oc3ncccn3)CC2)cc1. The second-order valence-electron chi connectivity index (χ2n) is 6.15. The lowest BCUT2D eigenvalue weighted by molar-refractivity contribution is 0.132. The van der Waals surface area contributed by atoms with Gasteiger partial charge in [-0.05, 0) is 62.9 Å². The van der Waals surface area contributed by atoms with Crippen LogP contribution < -0.4 is 14.2 Å². The lowest BCUT2D eigenvalue weighted by Crippen LogP contribution is -2.39. The largest absolute Gasteiger partial charge is 0.494 e. The number of nitrogens with zero attached hydrogens (tertiary/aromatic N) is 2. The summed E-state index contributed by atoms with van der Waals surface area (Å²) in [6.45, 7) is 2.43. The van der Waals surface area contributed by atoms with Gasteiger partial charge in [-0.15, -0.1) is 0 Å². The van der Waals surface area contributed by atoms with E-state index in [1.165, 1.54) is 0 Å². The molecule has 1 heterocycles. The van der Waals surface area contributed by atoms with Gasteiger partial charge in [0.1, 0.15) is 11.9 Å². The molecule has 1 aliphatic carbocycles. The van der Waals surface area contributed by atoms with E-state index in [9.17, 15) is 8.42 Å². The quantitative estimate of drug-likeness (QED) is 0.797. The maximum atomic E-state index is 12.5. The van der Waals surface area contributed by atoms with Crippen molar-refractivity contribution in [2.75, 3.05) is 6.61 Å². The molecule has 0 radical (unpaired) electrons. The molecule has 7 nitrogen and oxygen atoms in total. The Morgan fingerprint density at radius 1 is 1.08 bits per heavy atom. The van der Waals surface area contributed by atoms with Crippen LogP contribution in [0.1, 0.15) is 32.6 Å². The number of sulfonamides is 1. The Morgan fingerprint density at radius 3 is 2.35 bits per heavy atom. The van der Waals surface area contributed by atoms with Crippen molar-refractivity contribution in [3.05, 3.63) is 42.7 Å². The summed E-state index contributed by atoms with van der Waals surface area (Å²) in [5.41, 5.74) is 0. The summed E-state index contributed by atoms with van der Waals surface area (Å²) in [4.78, 5) is 8.36. The lowest BCUT2D eigenvalue weighted by atomic mass is 9.94. The first kappa shape index (κ1) is 18.6. The van der Waals surface area contributed by atoms with Crippen molar-refractivity contribution < 1.29 is 17.9 Å². The van der Waals surface area contributed by atoms with Gasteiger partial charge in [0.25, 0.3) is 0 Å². The summed E-state index contributed by atoms with van der Waals surface area (Å²) < 4.78 is 39.0. The van der Waals surface area contributed by atoms with Gasteiger partial charge >= 0.3 is 6.01 Å². The molecule has 2 aromatic rings. The van der Waals surface area contributed by atoms with Crippen molar-refractivity contribution in [1.29, 1.82) is 0 Å². The molecule has 140 valence electrons. The molecule has 1 fully saturated rings. The Kier molecular flexibility index (Phi) is 6.05. The number of hydrogen-bond acceptors (Lipinski definition) is 6. The van der Waals surface area contributed by atoms with E-state index in [2.05, 4.69) is 14.7 Å². The first-order valence-electron chi connectivity index (χ1n) is 8.75. The molecule has 1 aliphatic rings. The van der Waals surface area contributed by atoms with Crippen LogP contribution in [0.4, 0.5) is 0 Å². The van der Waals surface area contributed by atoms with Crippen molar-refractivity contribution in [3.8, 4) is 11.8 Å². The maximum Gasteiger partial charge on any atom is 0.316 e. The minimum Gasteiger partial charge on any atom is -0.494 e. The third-order valence-corrected chi connectivity index (χ3v) is 5.79. The standard InChI is InChI=1S/C18H23N3O4S/c1-2-24-15-8-10-17(11-9-15)26(22,23)21-14-4-6-16(7-5-14)25-18-19-12-3-13-20-18/h3,8-14,16,21H,2,4-7H2,1H3. The smallest absolute Gasteiger partial charge is 0.316 e. The van der Waals surface area contributed by atoms with Crippen molar-refractivity contribution in [1.82, 2.24) is 14.7 Å². The Balaban J connectivity index is 1.53. The molecule has 3 rings (SSSR count). The predicted molar refractivity (Wildman–Crippen MR) is 96.6 cm³/mol. The van der Waals surface area contributed by atoms with Crippen LogP contribution in [0.15, 0.2) is 47.6 Å². The predicted octanol–water partition coefficient (Wildman–Crippen LogP) is 2.54. The fourth-order valence-corrected chi connectivity index (χ4v) is 4.27. The van der Waals surface area contributed by atoms with Gasteiger partial charge in [0.05, 0.1) is 11.5 Å². The van der Waals surface area contributed by atoms with Gasteiger partial charge in [0, 0.05) is 18.4 Å². The second kappa shape index (κ2) is 8.46. The first-order chi connectivity index (χ1) is 12.6. The summed E-state index contributed by atoms with van der Waals surface area (Å²) in [6, 6.07) is 8.48. The number of ether oxygens (including phenoxy) is 2. The third kappa shape index (κ3) is 4.92. The third-order valence-electron chi connectivity index (χ3n) is 4.26. The van der Waals surface area contributed by atoms with Crippen LogP contribution in [0.3, 0.4) is 0 Å². The highest BCUT2D eigenvalue weighted by Gasteiger charge is 2.27. The van der Waals surface area contributed by atoms with Crippen LogP contribution in [0.5, 0.6) is 11.8 Å². The molecule has 1 saturated carbocycles. The molecule has 0 aliphatic heterocycles. The molecular weight excluding hydrogens is 354 g/mol. The van der Waals surface area contributed by atoms with Crippen LogP contribution in [0.2, 0.25) is 0 Å². The van der Waals surface area contributed by atoms with E-state index in [0.29, 0.717) is 31.2 Å². The van der Waals surface area contributed by atoms with Crippen LogP contribution in [0, 0.1) is 0 Å². The van der Waals surface area contributed by atoms with Crippen LogP contribution in [0.25, 0.3) is 0 Å². The second-order valence-corrected chi connectivity index (χ2v) is 7.86. The number of rotatable bonds is 7. The van der Waals surface area contributed by atoms with Crippen LogP contribution in [-0.4, -0.2) is 37.1 Å². The summed E-state index contributed by atoms with van der Waals surface area (Å²) in [5.74, 6) is 0.659.